The van der Waals surface area contributed by atoms with Crippen molar-refractivity contribution in [3.05, 3.63) is 12.7 Å². The molecule has 3 nitrogen and oxygen atoms in total. The monoisotopic (exact) mass is 303 g/mol. The van der Waals surface area contributed by atoms with Gasteiger partial charge < -0.3 is 9.26 Å². The Kier molecular flexibility index (Phi) is 12.8. The van der Waals surface area contributed by atoms with Gasteiger partial charge in [0.25, 0.3) is 0 Å². The molecule has 0 aromatic carbocycles. The van der Waals surface area contributed by atoms with Crippen LogP contribution < -0.4 is 5.09 Å². The van der Waals surface area contributed by atoms with Crippen LogP contribution in [0.5, 0.6) is 0 Å². The molecule has 1 N–H and O–H groups in total. The van der Waals surface area contributed by atoms with Gasteiger partial charge in [0.2, 0.25) is 0 Å². The smallest absolute Gasteiger partial charge is 0.105 e. The van der Waals surface area contributed by atoms with Crippen molar-refractivity contribution in [1.82, 2.24) is 5.09 Å². The lowest BCUT2D eigenvalue weighted by Gasteiger charge is -2.33. The van der Waals surface area contributed by atoms with Crippen LogP contribution in [0, 0.1) is 11.8 Å². The number of hydrogen-bond acceptors (Lipinski definition) is 3. The number of unbranched alkanes of at least 4 members (excludes halogenated alkanes) is 2. The fraction of sp³-hybridized carbons (Fsp3) is 0.875. The first-order valence-electron chi connectivity index (χ1n) is 7.80. The standard InChI is InChI=1S/C16H34NO2P/c1-7-11-17-20(16(14(2)3)15(4)5)19-13-10-8-9-12-18-6/h7,14-17H,1,8-13H2,2-6H3. The maximum absolute atomic E-state index is 6.17. The van der Waals surface area contributed by atoms with Crippen molar-refractivity contribution in [2.75, 3.05) is 26.9 Å². The first-order chi connectivity index (χ1) is 9.54. The average Bonchev–Trinajstić information content (AvgIpc) is 2.38. The van der Waals surface area contributed by atoms with Crippen LogP contribution >= 0.6 is 8.30 Å². The predicted octanol–water partition coefficient (Wildman–Crippen LogP) is 4.59. The summed E-state index contributed by atoms with van der Waals surface area (Å²) in [4.78, 5) is 0. The maximum atomic E-state index is 6.17. The zero-order chi connectivity index (χ0) is 15.4. The van der Waals surface area contributed by atoms with Gasteiger partial charge in [0.1, 0.15) is 8.30 Å². The average molecular weight is 303 g/mol. The van der Waals surface area contributed by atoms with Gasteiger partial charge in [-0.1, -0.05) is 33.8 Å². The van der Waals surface area contributed by atoms with E-state index in [1.54, 1.807) is 7.11 Å². The lowest BCUT2D eigenvalue weighted by atomic mass is 10.00. The highest BCUT2D eigenvalue weighted by Gasteiger charge is 2.28. The third-order valence-electron chi connectivity index (χ3n) is 3.25. The minimum Gasteiger partial charge on any atom is -0.385 e. The Hall–Kier alpha value is 0.0500. The molecule has 0 aromatic heterocycles. The van der Waals surface area contributed by atoms with E-state index in [1.165, 1.54) is 6.42 Å². The maximum Gasteiger partial charge on any atom is 0.105 e. The van der Waals surface area contributed by atoms with E-state index < -0.39 is 8.30 Å². The van der Waals surface area contributed by atoms with Crippen molar-refractivity contribution < 1.29 is 9.26 Å². The summed E-state index contributed by atoms with van der Waals surface area (Å²) in [6.45, 7) is 15.5. The number of nitrogens with one attached hydrogen (secondary N) is 1. The number of methoxy groups -OCH3 is 1. The van der Waals surface area contributed by atoms with Gasteiger partial charge in [-0.3, -0.25) is 5.09 Å². The summed E-state index contributed by atoms with van der Waals surface area (Å²) in [7, 11) is 1.17. The molecule has 0 heterocycles. The van der Waals surface area contributed by atoms with Crippen molar-refractivity contribution in [2.45, 2.75) is 52.6 Å². The van der Waals surface area contributed by atoms with E-state index in [-0.39, 0.29) is 0 Å². The molecule has 0 radical (unpaired) electrons. The van der Waals surface area contributed by atoms with Gasteiger partial charge in [-0.05, 0) is 31.1 Å². The second kappa shape index (κ2) is 12.8. The van der Waals surface area contributed by atoms with E-state index >= 15 is 0 Å². The van der Waals surface area contributed by atoms with E-state index in [0.29, 0.717) is 17.5 Å². The lowest BCUT2D eigenvalue weighted by Crippen LogP contribution is -2.28. The quantitative estimate of drug-likeness (QED) is 0.307. The van der Waals surface area contributed by atoms with Crippen molar-refractivity contribution in [3.8, 4) is 0 Å². The van der Waals surface area contributed by atoms with Crippen molar-refractivity contribution >= 4 is 8.30 Å². The second-order valence-electron chi connectivity index (χ2n) is 5.84. The van der Waals surface area contributed by atoms with E-state index in [4.69, 9.17) is 9.26 Å². The normalized spacial score (nSPS) is 13.4. The molecule has 0 aliphatic heterocycles. The molecule has 0 saturated heterocycles. The summed E-state index contributed by atoms with van der Waals surface area (Å²) in [5.74, 6) is 1.26. The van der Waals surface area contributed by atoms with Gasteiger partial charge in [-0.15, -0.1) is 6.58 Å². The molecule has 0 aliphatic rings. The second-order valence-corrected chi connectivity index (χ2v) is 7.66. The summed E-state index contributed by atoms with van der Waals surface area (Å²) >= 11 is 0. The van der Waals surface area contributed by atoms with Gasteiger partial charge >= 0.3 is 0 Å². The fourth-order valence-electron chi connectivity index (χ4n) is 2.39. The van der Waals surface area contributed by atoms with Gasteiger partial charge in [0, 0.05) is 25.9 Å². The highest BCUT2D eigenvalue weighted by atomic mass is 31.2. The molecule has 0 aliphatic carbocycles. The molecular formula is C16H34NO2P. The van der Waals surface area contributed by atoms with Crippen LogP contribution in [0.4, 0.5) is 0 Å². The van der Waals surface area contributed by atoms with Crippen LogP contribution in [0.3, 0.4) is 0 Å². The van der Waals surface area contributed by atoms with Gasteiger partial charge in [-0.25, -0.2) is 0 Å². The molecule has 0 fully saturated rings. The molecule has 0 bridgehead atoms. The molecule has 0 saturated carbocycles. The van der Waals surface area contributed by atoms with Crippen LogP contribution in [-0.2, 0) is 9.26 Å². The molecule has 1 unspecified atom stereocenters. The molecule has 0 spiro atoms. The summed E-state index contributed by atoms with van der Waals surface area (Å²) in [5, 5.41) is 3.53. The summed E-state index contributed by atoms with van der Waals surface area (Å²) in [6.07, 6.45) is 5.32. The molecule has 0 aromatic rings. The Labute approximate surface area is 127 Å². The minimum absolute atomic E-state index is 0.586. The fourth-order valence-corrected chi connectivity index (χ4v) is 4.58. The molecule has 120 valence electrons. The molecule has 0 rings (SSSR count). The van der Waals surface area contributed by atoms with Crippen molar-refractivity contribution in [3.63, 3.8) is 0 Å². The Balaban J connectivity index is 4.21. The van der Waals surface area contributed by atoms with Crippen LogP contribution in [0.25, 0.3) is 0 Å². The highest BCUT2D eigenvalue weighted by molar-refractivity contribution is 7.51. The molecule has 1 atom stereocenters. The summed E-state index contributed by atoms with van der Waals surface area (Å²) in [5.41, 5.74) is 0.587. The third-order valence-corrected chi connectivity index (χ3v) is 5.94. The Bertz CT molecular complexity index is 227. The molecule has 20 heavy (non-hydrogen) atoms. The van der Waals surface area contributed by atoms with Crippen LogP contribution in [0.1, 0.15) is 47.0 Å². The summed E-state index contributed by atoms with van der Waals surface area (Å²) in [6, 6.07) is 0. The topological polar surface area (TPSA) is 30.5 Å². The molecule has 0 amide bonds. The number of hydrogen-bond donors (Lipinski definition) is 1. The Morgan fingerprint density at radius 3 is 2.15 bits per heavy atom. The largest absolute Gasteiger partial charge is 0.385 e. The Morgan fingerprint density at radius 1 is 1.05 bits per heavy atom. The number of rotatable bonds is 13. The minimum atomic E-state index is -0.586. The first-order valence-corrected chi connectivity index (χ1v) is 9.12. The van der Waals surface area contributed by atoms with Crippen molar-refractivity contribution in [1.29, 1.82) is 0 Å². The molecular weight excluding hydrogens is 269 g/mol. The van der Waals surface area contributed by atoms with Crippen LogP contribution in [-0.4, -0.2) is 32.5 Å². The van der Waals surface area contributed by atoms with Gasteiger partial charge in [0.15, 0.2) is 0 Å². The Morgan fingerprint density at radius 2 is 1.65 bits per heavy atom. The number of ether oxygens (including phenoxy) is 1. The summed E-state index contributed by atoms with van der Waals surface area (Å²) < 4.78 is 11.2. The zero-order valence-electron chi connectivity index (χ0n) is 14.0. The highest BCUT2D eigenvalue weighted by Crippen LogP contribution is 2.45. The SMILES string of the molecule is C=CCNP(OCCCCCOC)C(C(C)C)C(C)C. The zero-order valence-corrected chi connectivity index (χ0v) is 14.9. The van der Waals surface area contributed by atoms with E-state index in [0.717, 1.165) is 32.6 Å². The lowest BCUT2D eigenvalue weighted by molar-refractivity contribution is 0.189. The van der Waals surface area contributed by atoms with Crippen LogP contribution in [0.15, 0.2) is 12.7 Å². The molecule has 4 heteroatoms. The van der Waals surface area contributed by atoms with E-state index in [1.807, 2.05) is 6.08 Å². The predicted molar refractivity (Wildman–Crippen MR) is 90.3 cm³/mol. The van der Waals surface area contributed by atoms with E-state index in [2.05, 4.69) is 39.4 Å². The van der Waals surface area contributed by atoms with Gasteiger partial charge in [-0.2, -0.15) is 0 Å². The van der Waals surface area contributed by atoms with Crippen LogP contribution in [0.2, 0.25) is 0 Å². The van der Waals surface area contributed by atoms with Crippen molar-refractivity contribution in [2.24, 2.45) is 11.8 Å². The third kappa shape index (κ3) is 9.07. The van der Waals surface area contributed by atoms with E-state index in [9.17, 15) is 0 Å². The first kappa shape index (κ1) is 20.1. The van der Waals surface area contributed by atoms with Gasteiger partial charge in [0.05, 0.1) is 6.61 Å².